The molecule has 0 aliphatic heterocycles. The van der Waals surface area contributed by atoms with Gasteiger partial charge in [-0.15, -0.1) is 0 Å². The largest absolute Gasteiger partial charge is 0.497 e. The number of hydrogen-bond donors (Lipinski definition) is 0. The number of nitrogens with zero attached hydrogens (tertiary/aromatic N) is 1. The van der Waals surface area contributed by atoms with E-state index in [9.17, 15) is 8.42 Å². The third kappa shape index (κ3) is 4.93. The van der Waals surface area contributed by atoms with Crippen LogP contribution in [0.5, 0.6) is 5.75 Å². The molecule has 0 N–H and O–H groups in total. The average Bonchev–Trinajstić information content (AvgIpc) is 2.59. The molecule has 24 heavy (non-hydrogen) atoms. The molecule has 0 unspecified atom stereocenters. The Labute approximate surface area is 151 Å². The third-order valence-electron chi connectivity index (χ3n) is 3.56. The van der Waals surface area contributed by atoms with Crippen molar-refractivity contribution in [3.8, 4) is 5.75 Å². The minimum absolute atomic E-state index is 0.298. The molecule has 0 aliphatic carbocycles. The number of hydrogen-bond acceptors (Lipinski definition) is 3. The summed E-state index contributed by atoms with van der Waals surface area (Å²) in [5.74, 6) is 0.812. The van der Waals surface area contributed by atoms with E-state index in [1.54, 1.807) is 38.4 Å². The maximum Gasteiger partial charge on any atom is 0.242 e. The Hall–Kier alpha value is -1.63. The van der Waals surface area contributed by atoms with Crippen molar-refractivity contribution in [3.63, 3.8) is 0 Å². The highest BCUT2D eigenvalue weighted by Crippen LogP contribution is 2.18. The van der Waals surface area contributed by atoms with Crippen LogP contribution in [0, 0.1) is 0 Å². The van der Waals surface area contributed by atoms with Gasteiger partial charge in [0.2, 0.25) is 10.0 Å². The SMILES string of the molecule is COc1ccc(/C=C/CCN(C)S(=O)(=O)c2ccc(Br)cc2)cc1. The van der Waals surface area contributed by atoms with Crippen molar-refractivity contribution in [2.24, 2.45) is 0 Å². The van der Waals surface area contributed by atoms with Gasteiger partial charge in [-0.1, -0.05) is 40.2 Å². The van der Waals surface area contributed by atoms with Gasteiger partial charge in [-0.25, -0.2) is 12.7 Å². The van der Waals surface area contributed by atoms with Crippen LogP contribution in [-0.2, 0) is 10.0 Å². The van der Waals surface area contributed by atoms with E-state index in [0.717, 1.165) is 15.8 Å². The van der Waals surface area contributed by atoms with Crippen molar-refractivity contribution in [3.05, 3.63) is 64.6 Å². The van der Waals surface area contributed by atoms with Crippen molar-refractivity contribution >= 4 is 32.0 Å². The van der Waals surface area contributed by atoms with Crippen LogP contribution in [0.15, 0.2) is 64.0 Å². The minimum atomic E-state index is -3.45. The Morgan fingerprint density at radius 1 is 1.08 bits per heavy atom. The molecule has 0 aliphatic rings. The molecule has 6 heteroatoms. The maximum absolute atomic E-state index is 12.5. The Morgan fingerprint density at radius 2 is 1.71 bits per heavy atom. The topological polar surface area (TPSA) is 46.6 Å². The summed E-state index contributed by atoms with van der Waals surface area (Å²) in [6.07, 6.45) is 4.58. The van der Waals surface area contributed by atoms with Crippen LogP contribution in [0.3, 0.4) is 0 Å². The fourth-order valence-electron chi connectivity index (χ4n) is 2.10. The quantitative estimate of drug-likeness (QED) is 0.688. The summed E-state index contributed by atoms with van der Waals surface area (Å²) in [5, 5.41) is 0. The van der Waals surface area contributed by atoms with Gasteiger partial charge in [-0.05, 0) is 48.4 Å². The molecule has 2 aromatic carbocycles. The molecule has 0 fully saturated rings. The van der Waals surface area contributed by atoms with Gasteiger partial charge >= 0.3 is 0 Å². The molecule has 0 aromatic heterocycles. The van der Waals surface area contributed by atoms with Crippen LogP contribution in [0.4, 0.5) is 0 Å². The maximum atomic E-state index is 12.5. The zero-order chi connectivity index (χ0) is 17.6. The van der Waals surface area contributed by atoms with Gasteiger partial charge in [0.25, 0.3) is 0 Å². The number of rotatable bonds is 7. The summed E-state index contributed by atoms with van der Waals surface area (Å²) in [6, 6.07) is 14.4. The molecule has 0 bridgehead atoms. The Balaban J connectivity index is 1.93. The lowest BCUT2D eigenvalue weighted by molar-refractivity contribution is 0.415. The first-order valence-corrected chi connectivity index (χ1v) is 9.69. The lowest BCUT2D eigenvalue weighted by Gasteiger charge is -2.16. The van der Waals surface area contributed by atoms with E-state index in [-0.39, 0.29) is 0 Å². The number of ether oxygens (including phenoxy) is 1. The fourth-order valence-corrected chi connectivity index (χ4v) is 3.55. The lowest BCUT2D eigenvalue weighted by Crippen LogP contribution is -2.27. The molecule has 0 spiro atoms. The van der Waals surface area contributed by atoms with Gasteiger partial charge in [0.15, 0.2) is 0 Å². The zero-order valence-corrected chi connectivity index (χ0v) is 16.0. The second-order valence-electron chi connectivity index (χ2n) is 5.24. The van der Waals surface area contributed by atoms with E-state index in [0.29, 0.717) is 17.9 Å². The zero-order valence-electron chi connectivity index (χ0n) is 13.6. The van der Waals surface area contributed by atoms with Crippen molar-refractivity contribution in [1.29, 1.82) is 0 Å². The lowest BCUT2D eigenvalue weighted by atomic mass is 10.2. The molecular weight excluding hydrogens is 390 g/mol. The summed E-state index contributed by atoms with van der Waals surface area (Å²) in [6.45, 7) is 0.422. The van der Waals surface area contributed by atoms with Crippen molar-refractivity contribution in [2.45, 2.75) is 11.3 Å². The fraction of sp³-hybridized carbons (Fsp3) is 0.222. The van der Waals surface area contributed by atoms with E-state index in [4.69, 9.17) is 4.74 Å². The molecule has 2 rings (SSSR count). The summed E-state index contributed by atoms with van der Waals surface area (Å²) in [4.78, 5) is 0.298. The van der Waals surface area contributed by atoms with Crippen LogP contribution in [0.1, 0.15) is 12.0 Å². The summed E-state index contributed by atoms with van der Waals surface area (Å²) < 4.78 is 32.2. The predicted molar refractivity (Wildman–Crippen MR) is 101 cm³/mol. The predicted octanol–water partition coefficient (Wildman–Crippen LogP) is 4.18. The van der Waals surface area contributed by atoms with Gasteiger partial charge in [0.1, 0.15) is 5.75 Å². The molecule has 0 atom stereocenters. The van der Waals surface area contributed by atoms with E-state index < -0.39 is 10.0 Å². The van der Waals surface area contributed by atoms with Crippen molar-refractivity contribution < 1.29 is 13.2 Å². The van der Waals surface area contributed by atoms with Crippen LogP contribution in [0.25, 0.3) is 6.08 Å². The molecule has 2 aromatic rings. The standard InChI is InChI=1S/C18H20BrNO3S/c1-20(24(21,22)18-12-8-16(19)9-13-18)14-4-3-5-15-6-10-17(23-2)11-7-15/h3,5-13H,4,14H2,1-2H3/b5-3+. The Bertz CT molecular complexity index is 784. The van der Waals surface area contributed by atoms with Gasteiger partial charge in [-0.2, -0.15) is 0 Å². The number of methoxy groups -OCH3 is 1. The molecule has 0 saturated carbocycles. The van der Waals surface area contributed by atoms with Gasteiger partial charge in [-0.3, -0.25) is 0 Å². The van der Waals surface area contributed by atoms with Crippen molar-refractivity contribution in [2.75, 3.05) is 20.7 Å². The average molecular weight is 410 g/mol. The first kappa shape index (κ1) is 18.7. The van der Waals surface area contributed by atoms with E-state index in [1.807, 2.05) is 36.4 Å². The Morgan fingerprint density at radius 3 is 2.29 bits per heavy atom. The molecule has 0 heterocycles. The molecule has 0 radical (unpaired) electrons. The highest BCUT2D eigenvalue weighted by molar-refractivity contribution is 9.10. The molecule has 0 saturated heterocycles. The minimum Gasteiger partial charge on any atom is -0.497 e. The van der Waals surface area contributed by atoms with E-state index in [1.165, 1.54) is 4.31 Å². The van der Waals surface area contributed by atoms with E-state index >= 15 is 0 Å². The van der Waals surface area contributed by atoms with Crippen molar-refractivity contribution in [1.82, 2.24) is 4.31 Å². The van der Waals surface area contributed by atoms with Crippen LogP contribution in [-0.4, -0.2) is 33.4 Å². The molecular formula is C18H20BrNO3S. The van der Waals surface area contributed by atoms with Gasteiger partial charge < -0.3 is 4.74 Å². The van der Waals surface area contributed by atoms with E-state index in [2.05, 4.69) is 15.9 Å². The first-order chi connectivity index (χ1) is 11.4. The summed E-state index contributed by atoms with van der Waals surface area (Å²) in [7, 11) is -0.220. The van der Waals surface area contributed by atoms with Crippen LogP contribution in [0.2, 0.25) is 0 Å². The third-order valence-corrected chi connectivity index (χ3v) is 5.96. The van der Waals surface area contributed by atoms with Crippen LogP contribution < -0.4 is 4.74 Å². The second kappa shape index (κ2) is 8.46. The van der Waals surface area contributed by atoms with Gasteiger partial charge in [0.05, 0.1) is 12.0 Å². The highest BCUT2D eigenvalue weighted by atomic mass is 79.9. The summed E-state index contributed by atoms with van der Waals surface area (Å²) >= 11 is 3.31. The van der Waals surface area contributed by atoms with Crippen LogP contribution >= 0.6 is 15.9 Å². The molecule has 128 valence electrons. The Kier molecular flexibility index (Phi) is 6.60. The summed E-state index contributed by atoms with van der Waals surface area (Å²) in [5.41, 5.74) is 1.05. The first-order valence-electron chi connectivity index (χ1n) is 7.46. The highest BCUT2D eigenvalue weighted by Gasteiger charge is 2.19. The monoisotopic (exact) mass is 409 g/mol. The normalized spacial score (nSPS) is 12.0. The molecule has 4 nitrogen and oxygen atoms in total. The second-order valence-corrected chi connectivity index (χ2v) is 8.21. The number of sulfonamides is 1. The molecule has 0 amide bonds. The number of halogens is 1. The van der Waals surface area contributed by atoms with Gasteiger partial charge in [0, 0.05) is 18.1 Å². The number of benzene rings is 2. The smallest absolute Gasteiger partial charge is 0.242 e.